The Morgan fingerprint density at radius 2 is 1.75 bits per heavy atom. The zero-order chi connectivity index (χ0) is 14.3. The summed E-state index contributed by atoms with van der Waals surface area (Å²) in [5, 5.41) is 29.3. The highest BCUT2D eigenvalue weighted by Crippen LogP contribution is 2.30. The Balaban J connectivity index is 2.16. The molecule has 3 rings (SSSR count). The summed E-state index contributed by atoms with van der Waals surface area (Å²) >= 11 is 0. The number of hydrogen-bond acceptors (Lipinski definition) is 4. The van der Waals surface area contributed by atoms with Crippen LogP contribution in [0.15, 0.2) is 42.6 Å². The molecule has 5 nitrogen and oxygen atoms in total. The number of carbonyl (C=O) groups excluding carboxylic acids is 1. The van der Waals surface area contributed by atoms with Gasteiger partial charge in [0.2, 0.25) is 0 Å². The molecule has 0 saturated carbocycles. The Morgan fingerprint density at radius 3 is 2.50 bits per heavy atom. The summed E-state index contributed by atoms with van der Waals surface area (Å²) in [6.07, 6.45) is 1.49. The van der Waals surface area contributed by atoms with Crippen molar-refractivity contribution in [3.8, 4) is 17.2 Å². The van der Waals surface area contributed by atoms with Crippen LogP contribution in [0, 0.1) is 0 Å². The highest BCUT2D eigenvalue weighted by atomic mass is 16.3. The van der Waals surface area contributed by atoms with E-state index in [9.17, 15) is 20.1 Å². The molecule has 0 saturated heterocycles. The lowest BCUT2D eigenvalue weighted by Gasteiger charge is -2.03. The predicted octanol–water partition coefficient (Wildman–Crippen LogP) is 2.52. The summed E-state index contributed by atoms with van der Waals surface area (Å²) in [4.78, 5) is 15.3. The maximum Gasteiger partial charge on any atom is 0.198 e. The van der Waals surface area contributed by atoms with Gasteiger partial charge in [-0.15, -0.1) is 0 Å². The van der Waals surface area contributed by atoms with E-state index in [-0.39, 0.29) is 28.6 Å². The Labute approximate surface area is 113 Å². The molecule has 4 N–H and O–H groups in total. The van der Waals surface area contributed by atoms with Crippen molar-refractivity contribution in [2.75, 3.05) is 0 Å². The SMILES string of the molecule is O=C(c1ccc(O)cc1O)c1c[nH]c2c(O)cccc12. The minimum Gasteiger partial charge on any atom is -0.508 e. The Morgan fingerprint density at radius 1 is 0.950 bits per heavy atom. The zero-order valence-electron chi connectivity index (χ0n) is 10.3. The zero-order valence-corrected chi connectivity index (χ0v) is 10.3. The van der Waals surface area contributed by atoms with Gasteiger partial charge in [0.15, 0.2) is 5.78 Å². The van der Waals surface area contributed by atoms with E-state index < -0.39 is 0 Å². The molecule has 100 valence electrons. The second-order valence-electron chi connectivity index (χ2n) is 4.43. The lowest BCUT2D eigenvalue weighted by atomic mass is 10.0. The van der Waals surface area contributed by atoms with Crippen LogP contribution >= 0.6 is 0 Å². The largest absolute Gasteiger partial charge is 0.508 e. The molecular formula is C15H11NO4. The van der Waals surface area contributed by atoms with Gasteiger partial charge in [0.1, 0.15) is 17.2 Å². The summed E-state index contributed by atoms with van der Waals surface area (Å²) in [7, 11) is 0. The topological polar surface area (TPSA) is 93.5 Å². The lowest BCUT2D eigenvalue weighted by Crippen LogP contribution is -2.00. The molecule has 1 aromatic heterocycles. The lowest BCUT2D eigenvalue weighted by molar-refractivity contribution is 0.103. The van der Waals surface area contributed by atoms with Gasteiger partial charge >= 0.3 is 0 Å². The second kappa shape index (κ2) is 4.31. The van der Waals surface area contributed by atoms with E-state index in [2.05, 4.69) is 4.98 Å². The van der Waals surface area contributed by atoms with Crippen molar-refractivity contribution in [1.82, 2.24) is 4.98 Å². The van der Waals surface area contributed by atoms with Crippen molar-refractivity contribution in [3.63, 3.8) is 0 Å². The third-order valence-corrected chi connectivity index (χ3v) is 3.16. The van der Waals surface area contributed by atoms with E-state index in [1.165, 1.54) is 24.4 Å². The Hall–Kier alpha value is -2.95. The van der Waals surface area contributed by atoms with E-state index in [0.29, 0.717) is 16.5 Å². The molecule has 3 aromatic rings. The number of aromatic hydroxyl groups is 3. The van der Waals surface area contributed by atoms with Gasteiger partial charge in [0, 0.05) is 23.2 Å². The number of nitrogens with one attached hydrogen (secondary N) is 1. The minimum absolute atomic E-state index is 0.0523. The van der Waals surface area contributed by atoms with Crippen molar-refractivity contribution in [3.05, 3.63) is 53.7 Å². The summed E-state index contributed by atoms with van der Waals surface area (Å²) in [5.74, 6) is -0.740. The highest BCUT2D eigenvalue weighted by Gasteiger charge is 2.18. The summed E-state index contributed by atoms with van der Waals surface area (Å²) in [6.45, 7) is 0. The van der Waals surface area contributed by atoms with Crippen LogP contribution in [0.25, 0.3) is 10.9 Å². The maximum atomic E-state index is 12.4. The van der Waals surface area contributed by atoms with Crippen molar-refractivity contribution in [2.45, 2.75) is 0 Å². The number of phenolic OH excluding ortho intramolecular Hbond substituents is 3. The number of phenols is 3. The van der Waals surface area contributed by atoms with E-state index in [0.717, 1.165) is 6.07 Å². The third-order valence-electron chi connectivity index (χ3n) is 3.16. The molecular weight excluding hydrogens is 258 g/mol. The minimum atomic E-state index is -0.389. The molecule has 0 bridgehead atoms. The van der Waals surface area contributed by atoms with Gasteiger partial charge in [0.25, 0.3) is 0 Å². The van der Waals surface area contributed by atoms with Gasteiger partial charge in [-0.2, -0.15) is 0 Å². The average Bonchev–Trinajstić information content (AvgIpc) is 2.83. The van der Waals surface area contributed by atoms with Crippen LogP contribution in [0.1, 0.15) is 15.9 Å². The number of carbonyl (C=O) groups is 1. The van der Waals surface area contributed by atoms with E-state index in [1.807, 2.05) is 0 Å². The van der Waals surface area contributed by atoms with Crippen molar-refractivity contribution < 1.29 is 20.1 Å². The van der Waals surface area contributed by atoms with Crippen molar-refractivity contribution in [1.29, 1.82) is 0 Å². The fourth-order valence-corrected chi connectivity index (χ4v) is 2.18. The van der Waals surface area contributed by atoms with Gasteiger partial charge in [-0.05, 0) is 18.2 Å². The van der Waals surface area contributed by atoms with Crippen LogP contribution in [0.5, 0.6) is 17.2 Å². The average molecular weight is 269 g/mol. The molecule has 0 unspecified atom stereocenters. The standard InChI is InChI=1S/C15H11NO4/c17-8-4-5-10(13(19)6-8)15(20)11-7-16-14-9(11)2-1-3-12(14)18/h1-7,16-19H. The Kier molecular flexibility index (Phi) is 2.61. The number of ketones is 1. The molecule has 0 spiro atoms. The molecule has 0 aliphatic carbocycles. The molecule has 1 heterocycles. The predicted molar refractivity (Wildman–Crippen MR) is 73.2 cm³/mol. The van der Waals surface area contributed by atoms with Crippen LogP contribution in [0.4, 0.5) is 0 Å². The van der Waals surface area contributed by atoms with Crippen LogP contribution in [0.3, 0.4) is 0 Å². The highest BCUT2D eigenvalue weighted by molar-refractivity contribution is 6.18. The molecule has 0 aliphatic rings. The summed E-state index contributed by atoms with van der Waals surface area (Å²) in [6, 6.07) is 8.66. The monoisotopic (exact) mass is 269 g/mol. The third kappa shape index (κ3) is 1.76. The Bertz CT molecular complexity index is 820. The molecule has 0 atom stereocenters. The van der Waals surface area contributed by atoms with E-state index in [4.69, 9.17) is 0 Å². The molecule has 0 fully saturated rings. The van der Waals surface area contributed by atoms with Gasteiger partial charge in [-0.3, -0.25) is 4.79 Å². The molecule has 5 heteroatoms. The smallest absolute Gasteiger partial charge is 0.198 e. The first-order chi connectivity index (χ1) is 9.58. The summed E-state index contributed by atoms with van der Waals surface area (Å²) < 4.78 is 0. The number of para-hydroxylation sites is 1. The van der Waals surface area contributed by atoms with Gasteiger partial charge < -0.3 is 20.3 Å². The number of fused-ring (bicyclic) bond motifs is 1. The first-order valence-corrected chi connectivity index (χ1v) is 5.93. The van der Waals surface area contributed by atoms with Crippen molar-refractivity contribution >= 4 is 16.7 Å². The molecule has 20 heavy (non-hydrogen) atoms. The van der Waals surface area contributed by atoms with Crippen LogP contribution < -0.4 is 0 Å². The van der Waals surface area contributed by atoms with Crippen LogP contribution in [-0.2, 0) is 0 Å². The second-order valence-corrected chi connectivity index (χ2v) is 4.43. The number of hydrogen-bond donors (Lipinski definition) is 4. The molecule has 0 aliphatic heterocycles. The molecule has 2 aromatic carbocycles. The van der Waals surface area contributed by atoms with Gasteiger partial charge in [-0.25, -0.2) is 0 Å². The van der Waals surface area contributed by atoms with E-state index in [1.54, 1.807) is 12.1 Å². The van der Waals surface area contributed by atoms with Crippen LogP contribution in [-0.4, -0.2) is 26.1 Å². The van der Waals surface area contributed by atoms with Gasteiger partial charge in [0.05, 0.1) is 11.1 Å². The number of benzene rings is 2. The van der Waals surface area contributed by atoms with E-state index >= 15 is 0 Å². The first kappa shape index (κ1) is 12.1. The number of rotatable bonds is 2. The number of aromatic nitrogens is 1. The normalized spacial score (nSPS) is 10.8. The quantitative estimate of drug-likeness (QED) is 0.538. The number of H-pyrrole nitrogens is 1. The first-order valence-electron chi connectivity index (χ1n) is 5.93. The fraction of sp³-hybridized carbons (Fsp3) is 0. The van der Waals surface area contributed by atoms with Crippen molar-refractivity contribution in [2.24, 2.45) is 0 Å². The summed E-state index contributed by atoms with van der Waals surface area (Å²) in [5.41, 5.74) is 0.901. The fourth-order valence-electron chi connectivity index (χ4n) is 2.18. The van der Waals surface area contributed by atoms with Crippen LogP contribution in [0.2, 0.25) is 0 Å². The molecule has 0 radical (unpaired) electrons. The number of aromatic amines is 1. The van der Waals surface area contributed by atoms with Gasteiger partial charge in [-0.1, -0.05) is 12.1 Å². The maximum absolute atomic E-state index is 12.4. The molecule has 0 amide bonds.